The molecule has 0 aromatic heterocycles. The summed E-state index contributed by atoms with van der Waals surface area (Å²) < 4.78 is 33.7. The number of allylic oxidation sites excluding steroid dienone is 1. The van der Waals surface area contributed by atoms with Crippen molar-refractivity contribution in [3.05, 3.63) is 35.9 Å². The fourth-order valence-corrected chi connectivity index (χ4v) is 2.52. The Balaban J connectivity index is 1.85. The maximum atomic E-state index is 12.0. The first-order chi connectivity index (χ1) is 9.67. The van der Waals surface area contributed by atoms with Crippen molar-refractivity contribution in [1.29, 1.82) is 0 Å². The number of hydrogen-bond donors (Lipinski definition) is 0. The zero-order valence-electron chi connectivity index (χ0n) is 11.6. The lowest BCUT2D eigenvalue weighted by Gasteiger charge is -2.25. The largest absolute Gasteiger partial charge is 0.435 e. The molecular weight excluding hydrogens is 262 g/mol. The van der Waals surface area contributed by atoms with Crippen LogP contribution in [-0.4, -0.2) is 19.8 Å². The van der Waals surface area contributed by atoms with Crippen molar-refractivity contribution in [3.8, 4) is 5.75 Å². The van der Waals surface area contributed by atoms with Gasteiger partial charge in [0.2, 0.25) is 0 Å². The summed E-state index contributed by atoms with van der Waals surface area (Å²) in [5.74, 6) is 0.774. The molecule has 0 bridgehead atoms. The predicted molar refractivity (Wildman–Crippen MR) is 74.9 cm³/mol. The van der Waals surface area contributed by atoms with E-state index in [-0.39, 0.29) is 5.75 Å². The minimum absolute atomic E-state index is 0.192. The Morgan fingerprint density at radius 2 is 1.75 bits per heavy atom. The Bertz CT molecular complexity index is 421. The van der Waals surface area contributed by atoms with E-state index in [1.165, 1.54) is 0 Å². The fraction of sp³-hybridized carbons (Fsp3) is 0.500. The van der Waals surface area contributed by atoms with Crippen molar-refractivity contribution < 1.29 is 18.3 Å². The van der Waals surface area contributed by atoms with Crippen LogP contribution >= 0.6 is 0 Å². The topological polar surface area (TPSA) is 18.5 Å². The minimum Gasteiger partial charge on any atom is -0.435 e. The Hall–Kier alpha value is -1.42. The molecule has 0 N–H and O–H groups in total. The summed E-state index contributed by atoms with van der Waals surface area (Å²) in [4.78, 5) is 0. The molecule has 110 valence electrons. The molecule has 0 heterocycles. The van der Waals surface area contributed by atoms with Gasteiger partial charge in [-0.3, -0.25) is 0 Å². The van der Waals surface area contributed by atoms with Crippen LogP contribution in [0.3, 0.4) is 0 Å². The van der Waals surface area contributed by atoms with E-state index in [9.17, 15) is 8.78 Å². The van der Waals surface area contributed by atoms with E-state index < -0.39 is 6.61 Å². The summed E-state index contributed by atoms with van der Waals surface area (Å²) in [5, 5.41) is 0. The Kier molecular flexibility index (Phi) is 5.53. The lowest BCUT2D eigenvalue weighted by Crippen LogP contribution is -2.19. The highest BCUT2D eigenvalue weighted by atomic mass is 19.3. The molecule has 4 heteroatoms. The molecule has 2 nitrogen and oxygen atoms in total. The highest BCUT2D eigenvalue weighted by Crippen LogP contribution is 2.27. The second-order valence-electron chi connectivity index (χ2n) is 5.08. The third-order valence-corrected chi connectivity index (χ3v) is 3.72. The lowest BCUT2D eigenvalue weighted by molar-refractivity contribution is -0.0498. The summed E-state index contributed by atoms with van der Waals surface area (Å²) in [6.07, 6.45) is 9.15. The highest BCUT2D eigenvalue weighted by molar-refractivity contribution is 5.50. The molecule has 0 radical (unpaired) electrons. The Labute approximate surface area is 118 Å². The van der Waals surface area contributed by atoms with Crippen LogP contribution in [0.2, 0.25) is 0 Å². The number of ether oxygens (including phenoxy) is 2. The van der Waals surface area contributed by atoms with Gasteiger partial charge in [0.25, 0.3) is 0 Å². The van der Waals surface area contributed by atoms with Crippen LogP contribution in [0, 0.1) is 5.92 Å². The first kappa shape index (κ1) is 15.0. The molecule has 1 aliphatic rings. The Morgan fingerprint density at radius 1 is 1.10 bits per heavy atom. The van der Waals surface area contributed by atoms with E-state index in [1.807, 2.05) is 6.08 Å². The molecule has 0 aliphatic heterocycles. The van der Waals surface area contributed by atoms with Gasteiger partial charge in [-0.25, -0.2) is 0 Å². The van der Waals surface area contributed by atoms with Crippen LogP contribution in [-0.2, 0) is 4.74 Å². The number of halogens is 2. The maximum Gasteiger partial charge on any atom is 0.387 e. The normalized spacial score (nSPS) is 23.4. The van der Waals surface area contributed by atoms with Crippen LogP contribution in [0.15, 0.2) is 30.3 Å². The average Bonchev–Trinajstić information content (AvgIpc) is 2.46. The van der Waals surface area contributed by atoms with Crippen molar-refractivity contribution in [2.75, 3.05) is 7.11 Å². The average molecular weight is 282 g/mol. The summed E-state index contributed by atoms with van der Waals surface area (Å²) >= 11 is 0. The summed E-state index contributed by atoms with van der Waals surface area (Å²) in [6.45, 7) is -2.77. The van der Waals surface area contributed by atoms with E-state index in [0.717, 1.165) is 31.2 Å². The SMILES string of the molecule is COC1CCC(/C=C/c2ccc(OC(F)F)cc2)CC1. The van der Waals surface area contributed by atoms with E-state index in [2.05, 4.69) is 10.8 Å². The predicted octanol–water partition coefficient (Wildman–Crippen LogP) is 4.51. The smallest absolute Gasteiger partial charge is 0.387 e. The second-order valence-corrected chi connectivity index (χ2v) is 5.08. The van der Waals surface area contributed by atoms with Crippen molar-refractivity contribution in [2.24, 2.45) is 5.92 Å². The number of methoxy groups -OCH3 is 1. The lowest BCUT2D eigenvalue weighted by atomic mass is 9.87. The van der Waals surface area contributed by atoms with Crippen LogP contribution in [0.5, 0.6) is 5.75 Å². The number of benzene rings is 1. The van der Waals surface area contributed by atoms with Gasteiger partial charge in [-0.2, -0.15) is 8.78 Å². The fourth-order valence-electron chi connectivity index (χ4n) is 2.52. The number of rotatable bonds is 5. The van der Waals surface area contributed by atoms with Crippen molar-refractivity contribution in [2.45, 2.75) is 38.4 Å². The molecule has 1 aromatic carbocycles. The van der Waals surface area contributed by atoms with Gasteiger partial charge in [-0.1, -0.05) is 24.3 Å². The van der Waals surface area contributed by atoms with E-state index >= 15 is 0 Å². The van der Waals surface area contributed by atoms with Crippen molar-refractivity contribution in [1.82, 2.24) is 0 Å². The molecule has 1 saturated carbocycles. The third kappa shape index (κ3) is 4.60. The van der Waals surface area contributed by atoms with Crippen molar-refractivity contribution in [3.63, 3.8) is 0 Å². The maximum absolute atomic E-state index is 12.0. The van der Waals surface area contributed by atoms with Crippen LogP contribution in [0.25, 0.3) is 6.08 Å². The van der Waals surface area contributed by atoms with Crippen LogP contribution in [0.1, 0.15) is 31.2 Å². The zero-order valence-corrected chi connectivity index (χ0v) is 11.6. The monoisotopic (exact) mass is 282 g/mol. The zero-order chi connectivity index (χ0) is 14.4. The van der Waals surface area contributed by atoms with Gasteiger partial charge in [-0.05, 0) is 49.3 Å². The molecule has 0 atom stereocenters. The van der Waals surface area contributed by atoms with E-state index in [0.29, 0.717) is 12.0 Å². The molecule has 1 aliphatic carbocycles. The van der Waals surface area contributed by atoms with Gasteiger partial charge in [-0.15, -0.1) is 0 Å². The molecule has 1 aromatic rings. The summed E-state index contributed by atoms with van der Waals surface area (Å²) in [5.41, 5.74) is 1.00. The summed E-state index contributed by atoms with van der Waals surface area (Å²) in [6, 6.07) is 6.70. The number of hydrogen-bond acceptors (Lipinski definition) is 2. The van der Waals surface area contributed by atoms with Crippen molar-refractivity contribution >= 4 is 6.08 Å². The van der Waals surface area contributed by atoms with Gasteiger partial charge >= 0.3 is 6.61 Å². The standard InChI is InChI=1S/C16H20F2O2/c1-19-14-8-4-12(5-9-14)2-3-13-6-10-15(11-7-13)20-16(17)18/h2-3,6-7,10-12,14,16H,4-5,8-9H2,1H3/b3-2+. The second kappa shape index (κ2) is 7.39. The molecule has 0 unspecified atom stereocenters. The van der Waals surface area contributed by atoms with Crippen LogP contribution < -0.4 is 4.74 Å². The Morgan fingerprint density at radius 3 is 2.30 bits per heavy atom. The molecule has 20 heavy (non-hydrogen) atoms. The van der Waals surface area contributed by atoms with E-state index in [1.54, 1.807) is 31.4 Å². The quantitative estimate of drug-likeness (QED) is 0.791. The molecule has 2 rings (SSSR count). The van der Waals surface area contributed by atoms with Gasteiger partial charge in [0.1, 0.15) is 5.75 Å². The molecule has 0 amide bonds. The first-order valence-electron chi connectivity index (χ1n) is 6.93. The van der Waals surface area contributed by atoms with E-state index in [4.69, 9.17) is 4.74 Å². The van der Waals surface area contributed by atoms with Gasteiger partial charge < -0.3 is 9.47 Å². The first-order valence-corrected chi connectivity index (χ1v) is 6.93. The molecular formula is C16H20F2O2. The highest BCUT2D eigenvalue weighted by Gasteiger charge is 2.18. The van der Waals surface area contributed by atoms with Crippen LogP contribution in [0.4, 0.5) is 8.78 Å². The number of alkyl halides is 2. The molecule has 1 fully saturated rings. The summed E-state index contributed by atoms with van der Waals surface area (Å²) in [7, 11) is 1.77. The van der Waals surface area contributed by atoms with Gasteiger partial charge in [0, 0.05) is 7.11 Å². The van der Waals surface area contributed by atoms with Gasteiger partial charge in [0.15, 0.2) is 0 Å². The minimum atomic E-state index is -2.77. The molecule has 0 spiro atoms. The van der Waals surface area contributed by atoms with Gasteiger partial charge in [0.05, 0.1) is 6.10 Å². The molecule has 0 saturated heterocycles. The third-order valence-electron chi connectivity index (χ3n) is 3.72.